The summed E-state index contributed by atoms with van der Waals surface area (Å²) >= 11 is 0. The molecule has 0 saturated heterocycles. The van der Waals surface area contributed by atoms with Gasteiger partial charge >= 0.3 is 6.03 Å². The zero-order valence-electron chi connectivity index (χ0n) is 20.6. The van der Waals surface area contributed by atoms with Crippen LogP contribution in [0.4, 0.5) is 4.79 Å². The van der Waals surface area contributed by atoms with Crippen molar-refractivity contribution in [3.8, 4) is 5.75 Å². The van der Waals surface area contributed by atoms with Crippen LogP contribution in [0.1, 0.15) is 44.4 Å². The number of methoxy groups -OCH3 is 2. The van der Waals surface area contributed by atoms with Crippen LogP contribution in [0.2, 0.25) is 0 Å². The highest BCUT2D eigenvalue weighted by atomic mass is 16.5. The third-order valence-electron chi connectivity index (χ3n) is 5.43. The first-order valence-corrected chi connectivity index (χ1v) is 11.4. The number of nitrogens with zero attached hydrogens (tertiary/aromatic N) is 3. The average Bonchev–Trinajstić information content (AvgIpc) is 3.27. The molecule has 0 unspecified atom stereocenters. The van der Waals surface area contributed by atoms with E-state index in [1.54, 1.807) is 14.2 Å². The third kappa shape index (κ3) is 6.57. The molecule has 182 valence electrons. The van der Waals surface area contributed by atoms with E-state index in [1.165, 1.54) is 9.91 Å². The van der Waals surface area contributed by atoms with Gasteiger partial charge in [-0.15, -0.1) is 0 Å². The standard InChI is InChI=1S/C26H34N4O4/c1-26(2,3)27-25(32)29(15-16-33-4)18-24(31)30-23(20-9-7-6-8-10-20)17-22(28-30)19-11-13-21(34-5)14-12-19/h6-14,23H,15-18H2,1-5H3,(H,27,32)/t23-/m1/s1. The summed E-state index contributed by atoms with van der Waals surface area (Å²) in [6, 6.07) is 16.9. The van der Waals surface area contributed by atoms with Gasteiger partial charge in [0, 0.05) is 25.6 Å². The molecule has 0 aromatic heterocycles. The molecule has 8 nitrogen and oxygen atoms in total. The van der Waals surface area contributed by atoms with Gasteiger partial charge in [0.15, 0.2) is 0 Å². The molecule has 0 spiro atoms. The van der Waals surface area contributed by atoms with E-state index in [0.717, 1.165) is 22.6 Å². The van der Waals surface area contributed by atoms with E-state index in [-0.39, 0.29) is 24.5 Å². The number of hydrogen-bond donors (Lipinski definition) is 1. The molecule has 1 N–H and O–H groups in total. The van der Waals surface area contributed by atoms with Crippen LogP contribution in [0.3, 0.4) is 0 Å². The van der Waals surface area contributed by atoms with E-state index in [1.807, 2.05) is 75.4 Å². The van der Waals surface area contributed by atoms with Gasteiger partial charge in [-0.25, -0.2) is 9.80 Å². The van der Waals surface area contributed by atoms with Crippen molar-refractivity contribution in [2.75, 3.05) is 33.9 Å². The Morgan fingerprint density at radius 1 is 1.09 bits per heavy atom. The van der Waals surface area contributed by atoms with Crippen LogP contribution >= 0.6 is 0 Å². The maximum absolute atomic E-state index is 13.5. The summed E-state index contributed by atoms with van der Waals surface area (Å²) in [7, 11) is 3.19. The van der Waals surface area contributed by atoms with Gasteiger partial charge in [-0.2, -0.15) is 5.10 Å². The molecule has 0 aliphatic carbocycles. The molecule has 0 saturated carbocycles. The minimum Gasteiger partial charge on any atom is -0.497 e. The Balaban J connectivity index is 1.86. The lowest BCUT2D eigenvalue weighted by Gasteiger charge is -2.30. The highest BCUT2D eigenvalue weighted by Gasteiger charge is 2.34. The van der Waals surface area contributed by atoms with E-state index in [0.29, 0.717) is 19.6 Å². The zero-order valence-corrected chi connectivity index (χ0v) is 20.6. The molecular formula is C26H34N4O4. The number of benzene rings is 2. The molecule has 3 rings (SSSR count). The number of hydrazone groups is 1. The van der Waals surface area contributed by atoms with E-state index >= 15 is 0 Å². The lowest BCUT2D eigenvalue weighted by molar-refractivity contribution is -0.133. The fourth-order valence-electron chi connectivity index (χ4n) is 3.72. The Labute approximate surface area is 201 Å². The third-order valence-corrected chi connectivity index (χ3v) is 5.43. The molecule has 0 radical (unpaired) electrons. The van der Waals surface area contributed by atoms with Crippen molar-refractivity contribution >= 4 is 17.6 Å². The second kappa shape index (κ2) is 11.2. The largest absolute Gasteiger partial charge is 0.497 e. The Bertz CT molecular complexity index is 1000. The van der Waals surface area contributed by atoms with Crippen LogP contribution in [0.5, 0.6) is 5.75 Å². The highest BCUT2D eigenvalue weighted by Crippen LogP contribution is 2.33. The molecule has 1 aliphatic rings. The van der Waals surface area contributed by atoms with Crippen LogP contribution in [-0.2, 0) is 9.53 Å². The van der Waals surface area contributed by atoms with Gasteiger partial charge in [0.1, 0.15) is 12.3 Å². The molecule has 0 bridgehead atoms. The van der Waals surface area contributed by atoms with Crippen molar-refractivity contribution in [1.29, 1.82) is 0 Å². The Morgan fingerprint density at radius 3 is 2.35 bits per heavy atom. The fraction of sp³-hybridized carbons (Fsp3) is 0.423. The molecule has 8 heteroatoms. The molecule has 2 aromatic carbocycles. The SMILES string of the molecule is COCCN(CC(=O)N1N=C(c2ccc(OC)cc2)C[C@@H]1c1ccccc1)C(=O)NC(C)(C)C. The average molecular weight is 467 g/mol. The smallest absolute Gasteiger partial charge is 0.318 e. The first-order chi connectivity index (χ1) is 16.2. The van der Waals surface area contributed by atoms with Crippen LogP contribution in [0, 0.1) is 0 Å². The van der Waals surface area contributed by atoms with Crippen molar-refractivity contribution in [3.05, 3.63) is 65.7 Å². The van der Waals surface area contributed by atoms with E-state index in [9.17, 15) is 9.59 Å². The molecule has 3 amide bonds. The Morgan fingerprint density at radius 2 is 1.76 bits per heavy atom. The van der Waals surface area contributed by atoms with Crippen molar-refractivity contribution < 1.29 is 19.1 Å². The molecule has 1 heterocycles. The number of carbonyl (C=O) groups is 2. The molecule has 34 heavy (non-hydrogen) atoms. The van der Waals surface area contributed by atoms with E-state index in [4.69, 9.17) is 14.6 Å². The molecule has 0 fully saturated rings. The lowest BCUT2D eigenvalue weighted by Crippen LogP contribution is -2.52. The number of rotatable bonds is 8. The first-order valence-electron chi connectivity index (χ1n) is 11.4. The topological polar surface area (TPSA) is 83.5 Å². The van der Waals surface area contributed by atoms with Gasteiger partial charge in [-0.3, -0.25) is 4.79 Å². The predicted molar refractivity (Wildman–Crippen MR) is 132 cm³/mol. The number of ether oxygens (including phenoxy) is 2. The summed E-state index contributed by atoms with van der Waals surface area (Å²) in [5, 5.41) is 9.15. The van der Waals surface area contributed by atoms with Gasteiger partial charge < -0.3 is 19.7 Å². The maximum atomic E-state index is 13.5. The molecular weight excluding hydrogens is 432 g/mol. The molecule has 1 atom stereocenters. The highest BCUT2D eigenvalue weighted by molar-refractivity contribution is 6.03. The second-order valence-electron chi connectivity index (χ2n) is 9.24. The van der Waals surface area contributed by atoms with E-state index < -0.39 is 5.54 Å². The Kier molecular flexibility index (Phi) is 8.28. The summed E-state index contributed by atoms with van der Waals surface area (Å²) in [4.78, 5) is 27.8. The van der Waals surface area contributed by atoms with Crippen molar-refractivity contribution in [3.63, 3.8) is 0 Å². The second-order valence-corrected chi connectivity index (χ2v) is 9.24. The number of carbonyl (C=O) groups excluding carboxylic acids is 2. The van der Waals surface area contributed by atoms with Gasteiger partial charge in [-0.1, -0.05) is 30.3 Å². The van der Waals surface area contributed by atoms with Crippen molar-refractivity contribution in [2.45, 2.75) is 38.8 Å². The number of nitrogens with one attached hydrogen (secondary N) is 1. The van der Waals surface area contributed by atoms with Crippen LogP contribution < -0.4 is 10.1 Å². The van der Waals surface area contributed by atoms with Crippen LogP contribution in [0.25, 0.3) is 0 Å². The Hall–Kier alpha value is -3.39. The summed E-state index contributed by atoms with van der Waals surface area (Å²) in [6.45, 7) is 6.22. The van der Waals surface area contributed by atoms with Crippen molar-refractivity contribution in [2.24, 2.45) is 5.10 Å². The number of hydrogen-bond acceptors (Lipinski definition) is 5. The van der Waals surface area contributed by atoms with E-state index in [2.05, 4.69) is 5.32 Å². The van der Waals surface area contributed by atoms with Crippen molar-refractivity contribution in [1.82, 2.24) is 15.2 Å². The van der Waals surface area contributed by atoms with Gasteiger partial charge in [0.05, 0.1) is 25.5 Å². The van der Waals surface area contributed by atoms with Crippen LogP contribution in [0.15, 0.2) is 59.7 Å². The lowest BCUT2D eigenvalue weighted by atomic mass is 9.98. The summed E-state index contributed by atoms with van der Waals surface area (Å²) in [5.74, 6) is 0.506. The number of urea groups is 1. The predicted octanol–water partition coefficient (Wildman–Crippen LogP) is 3.83. The van der Waals surface area contributed by atoms with Gasteiger partial charge in [0.2, 0.25) is 0 Å². The maximum Gasteiger partial charge on any atom is 0.318 e. The van der Waals surface area contributed by atoms with Crippen LogP contribution in [-0.4, -0.2) is 67.0 Å². The minimum atomic E-state index is -0.425. The normalized spacial score (nSPS) is 15.6. The summed E-state index contributed by atoms with van der Waals surface area (Å²) in [6.07, 6.45) is 0.578. The fourth-order valence-corrected chi connectivity index (χ4v) is 3.72. The van der Waals surface area contributed by atoms with Gasteiger partial charge in [-0.05, 0) is 56.2 Å². The summed E-state index contributed by atoms with van der Waals surface area (Å²) < 4.78 is 10.4. The molecule has 2 aromatic rings. The minimum absolute atomic E-state index is 0.103. The monoisotopic (exact) mass is 466 g/mol. The van der Waals surface area contributed by atoms with Gasteiger partial charge in [0.25, 0.3) is 5.91 Å². The first kappa shape index (κ1) is 25.2. The number of amides is 3. The quantitative estimate of drug-likeness (QED) is 0.641. The zero-order chi connectivity index (χ0) is 24.7. The molecule has 1 aliphatic heterocycles. The summed E-state index contributed by atoms with van der Waals surface area (Å²) in [5.41, 5.74) is 2.31.